The molecule has 17 heavy (non-hydrogen) atoms. The summed E-state index contributed by atoms with van der Waals surface area (Å²) in [5, 5.41) is 4.73. The van der Waals surface area contributed by atoms with Gasteiger partial charge in [0.2, 0.25) is 0 Å². The molecular weight excluding hydrogens is 250 g/mol. The van der Waals surface area contributed by atoms with Crippen molar-refractivity contribution in [3.63, 3.8) is 0 Å². The van der Waals surface area contributed by atoms with Crippen molar-refractivity contribution in [3.05, 3.63) is 0 Å². The molecule has 1 heterocycles. The van der Waals surface area contributed by atoms with Crippen LogP contribution in [0, 0.1) is 17.8 Å². The van der Waals surface area contributed by atoms with Crippen molar-refractivity contribution in [2.45, 2.75) is 30.6 Å². The molecule has 0 aromatic carbocycles. The molecule has 0 saturated heterocycles. The van der Waals surface area contributed by atoms with E-state index >= 15 is 0 Å². The van der Waals surface area contributed by atoms with Crippen LogP contribution in [0.4, 0.5) is 10.8 Å². The molecule has 3 nitrogen and oxygen atoms in total. The van der Waals surface area contributed by atoms with Gasteiger partial charge in [-0.1, -0.05) is 6.42 Å². The third-order valence-corrected chi connectivity index (χ3v) is 6.06. The van der Waals surface area contributed by atoms with Crippen LogP contribution in [-0.4, -0.2) is 17.2 Å². The fraction of sp³-hybridized carbons (Fsp3) is 0.750. The topological polar surface area (TPSA) is 50.9 Å². The maximum absolute atomic E-state index is 5.83. The van der Waals surface area contributed by atoms with E-state index in [9.17, 15) is 0 Å². The fourth-order valence-corrected chi connectivity index (χ4v) is 5.00. The maximum atomic E-state index is 5.83. The van der Waals surface area contributed by atoms with Gasteiger partial charge < -0.3 is 11.1 Å². The van der Waals surface area contributed by atoms with Gasteiger partial charge in [-0.05, 0) is 54.8 Å². The number of aromatic nitrogens is 1. The molecule has 2 aliphatic carbocycles. The molecule has 5 heteroatoms. The summed E-state index contributed by atoms with van der Waals surface area (Å²) in [6, 6.07) is 0. The van der Waals surface area contributed by atoms with Crippen LogP contribution in [-0.2, 0) is 0 Å². The fourth-order valence-electron chi connectivity index (χ4n) is 3.45. The Morgan fingerprint density at radius 2 is 2.35 bits per heavy atom. The molecule has 3 N–H and O–H groups in total. The van der Waals surface area contributed by atoms with Gasteiger partial charge in [0.25, 0.3) is 0 Å². The van der Waals surface area contributed by atoms with Crippen LogP contribution in [0.5, 0.6) is 0 Å². The Bertz CT molecular complexity index is 404. The Labute approximate surface area is 111 Å². The van der Waals surface area contributed by atoms with Gasteiger partial charge in [0, 0.05) is 6.54 Å². The lowest BCUT2D eigenvalue weighted by Crippen LogP contribution is -2.19. The molecular formula is C12H19N3S2. The van der Waals surface area contributed by atoms with E-state index in [1.165, 1.54) is 37.2 Å². The van der Waals surface area contributed by atoms with E-state index in [0.29, 0.717) is 5.82 Å². The van der Waals surface area contributed by atoms with E-state index in [2.05, 4.69) is 15.9 Å². The second-order valence-corrected chi connectivity index (χ2v) is 6.84. The highest BCUT2D eigenvalue weighted by atomic mass is 32.2. The lowest BCUT2D eigenvalue weighted by Gasteiger charge is -2.22. The number of rotatable bonds is 4. The highest BCUT2D eigenvalue weighted by molar-refractivity contribution is 7.99. The summed E-state index contributed by atoms with van der Waals surface area (Å²) in [7, 11) is 0. The first kappa shape index (κ1) is 11.7. The van der Waals surface area contributed by atoms with Crippen LogP contribution in [0.3, 0.4) is 0 Å². The molecule has 1 aromatic heterocycles. The summed E-state index contributed by atoms with van der Waals surface area (Å²) in [6.07, 6.45) is 7.90. The molecule has 2 bridgehead atoms. The number of thioether (sulfide) groups is 1. The highest BCUT2D eigenvalue weighted by Gasteiger charge is 2.39. The standard InChI is InChI=1S/C12H19N3S2/c1-16-10-11(13)15-17-12(10)14-6-9-5-7-2-3-8(9)4-7/h7-9,14H,2-6H2,1H3,(H2,13,15). The number of hydrogen-bond donors (Lipinski definition) is 2. The summed E-state index contributed by atoms with van der Waals surface area (Å²) >= 11 is 3.18. The van der Waals surface area contributed by atoms with E-state index < -0.39 is 0 Å². The number of nitrogens with two attached hydrogens (primary N) is 1. The van der Waals surface area contributed by atoms with Crippen molar-refractivity contribution in [3.8, 4) is 0 Å². The third-order valence-electron chi connectivity index (χ3n) is 4.29. The van der Waals surface area contributed by atoms with E-state index in [4.69, 9.17) is 5.73 Å². The van der Waals surface area contributed by atoms with Crippen LogP contribution < -0.4 is 11.1 Å². The predicted octanol–water partition coefficient (Wildman–Crippen LogP) is 3.30. The van der Waals surface area contributed by atoms with Gasteiger partial charge in [0.1, 0.15) is 5.00 Å². The summed E-state index contributed by atoms with van der Waals surface area (Å²) in [6.45, 7) is 1.11. The minimum absolute atomic E-state index is 0.679. The second kappa shape index (κ2) is 4.69. The zero-order valence-corrected chi connectivity index (χ0v) is 11.7. The van der Waals surface area contributed by atoms with Crippen LogP contribution in [0.15, 0.2) is 4.90 Å². The van der Waals surface area contributed by atoms with Crippen molar-refractivity contribution in [1.82, 2.24) is 4.37 Å². The third kappa shape index (κ3) is 2.15. The van der Waals surface area contributed by atoms with Crippen molar-refractivity contribution in [2.75, 3.05) is 23.9 Å². The Morgan fingerprint density at radius 1 is 1.47 bits per heavy atom. The average Bonchev–Trinajstić information content (AvgIpc) is 3.01. The van der Waals surface area contributed by atoms with Crippen molar-refractivity contribution in [2.24, 2.45) is 17.8 Å². The largest absolute Gasteiger partial charge is 0.382 e. The monoisotopic (exact) mass is 269 g/mol. The normalized spacial score (nSPS) is 31.0. The SMILES string of the molecule is CSc1c(N)nsc1NCC1CC2CCC1C2. The molecule has 1 aromatic rings. The molecule has 0 amide bonds. The zero-order valence-electron chi connectivity index (χ0n) is 10.1. The molecule has 94 valence electrons. The number of fused-ring (bicyclic) bond motifs is 2. The Balaban J connectivity index is 1.60. The molecule has 0 radical (unpaired) electrons. The minimum atomic E-state index is 0.679. The lowest BCUT2D eigenvalue weighted by atomic mass is 9.89. The van der Waals surface area contributed by atoms with Gasteiger partial charge in [-0.3, -0.25) is 0 Å². The lowest BCUT2D eigenvalue weighted by molar-refractivity contribution is 0.348. The van der Waals surface area contributed by atoms with E-state index in [1.54, 1.807) is 11.8 Å². The Kier molecular flexibility index (Phi) is 3.21. The van der Waals surface area contributed by atoms with Gasteiger partial charge in [-0.2, -0.15) is 4.37 Å². The molecule has 0 spiro atoms. The van der Waals surface area contributed by atoms with Crippen LogP contribution in [0.2, 0.25) is 0 Å². The minimum Gasteiger partial charge on any atom is -0.382 e. The van der Waals surface area contributed by atoms with Crippen molar-refractivity contribution in [1.29, 1.82) is 0 Å². The van der Waals surface area contributed by atoms with Crippen LogP contribution in [0.1, 0.15) is 25.7 Å². The smallest absolute Gasteiger partial charge is 0.153 e. The molecule has 2 fully saturated rings. The van der Waals surface area contributed by atoms with Gasteiger partial charge in [0.05, 0.1) is 4.90 Å². The number of nitrogens with zero attached hydrogens (tertiary/aromatic N) is 1. The average molecular weight is 269 g/mol. The van der Waals surface area contributed by atoms with Crippen LogP contribution >= 0.6 is 23.3 Å². The maximum Gasteiger partial charge on any atom is 0.153 e. The second-order valence-electron chi connectivity index (χ2n) is 5.25. The predicted molar refractivity (Wildman–Crippen MR) is 75.7 cm³/mol. The van der Waals surface area contributed by atoms with Gasteiger partial charge in [-0.25, -0.2) is 0 Å². The Morgan fingerprint density at radius 3 is 3.00 bits per heavy atom. The molecule has 3 rings (SSSR count). The molecule has 3 atom stereocenters. The number of anilines is 2. The van der Waals surface area contributed by atoms with Gasteiger partial charge >= 0.3 is 0 Å². The van der Waals surface area contributed by atoms with Crippen molar-refractivity contribution < 1.29 is 0 Å². The van der Waals surface area contributed by atoms with E-state index in [0.717, 1.165) is 34.2 Å². The van der Waals surface area contributed by atoms with Gasteiger partial charge in [0.15, 0.2) is 5.82 Å². The number of nitrogen functional groups attached to an aromatic ring is 1. The zero-order chi connectivity index (χ0) is 11.8. The first-order valence-electron chi connectivity index (χ1n) is 6.31. The van der Waals surface area contributed by atoms with Crippen LogP contribution in [0.25, 0.3) is 0 Å². The molecule has 0 aliphatic heterocycles. The number of nitrogens with one attached hydrogen (secondary N) is 1. The summed E-state index contributed by atoms with van der Waals surface area (Å²) in [5.41, 5.74) is 5.83. The summed E-state index contributed by atoms with van der Waals surface area (Å²) in [4.78, 5) is 1.12. The first-order chi connectivity index (χ1) is 8.28. The van der Waals surface area contributed by atoms with Crippen molar-refractivity contribution >= 4 is 34.1 Å². The molecule has 2 saturated carbocycles. The highest BCUT2D eigenvalue weighted by Crippen LogP contribution is 2.48. The van der Waals surface area contributed by atoms with E-state index in [-0.39, 0.29) is 0 Å². The Hall–Kier alpha value is -0.420. The number of hydrogen-bond acceptors (Lipinski definition) is 5. The van der Waals surface area contributed by atoms with Gasteiger partial charge in [-0.15, -0.1) is 11.8 Å². The molecule has 2 aliphatic rings. The quantitative estimate of drug-likeness (QED) is 0.824. The summed E-state index contributed by atoms with van der Waals surface area (Å²) in [5.74, 6) is 3.57. The van der Waals surface area contributed by atoms with E-state index in [1.807, 2.05) is 0 Å². The molecule has 3 unspecified atom stereocenters. The first-order valence-corrected chi connectivity index (χ1v) is 8.30. The summed E-state index contributed by atoms with van der Waals surface area (Å²) < 4.78 is 4.22.